The summed E-state index contributed by atoms with van der Waals surface area (Å²) < 4.78 is 14.1. The zero-order valence-corrected chi connectivity index (χ0v) is 19.9. The largest absolute Gasteiger partial charge is 0.393 e. The van der Waals surface area contributed by atoms with Gasteiger partial charge in [0, 0.05) is 36.9 Å². The summed E-state index contributed by atoms with van der Waals surface area (Å²) in [5, 5.41) is 15.9. The van der Waals surface area contributed by atoms with E-state index in [-0.39, 0.29) is 24.0 Å². The molecule has 2 unspecified atom stereocenters. The first-order valence-corrected chi connectivity index (χ1v) is 12.4. The molecule has 2 fully saturated rings. The minimum absolute atomic E-state index is 0.211. The molecule has 2 aliphatic rings. The van der Waals surface area contributed by atoms with Gasteiger partial charge in [0.05, 0.1) is 12.1 Å². The number of hydrogen-bond acceptors (Lipinski definition) is 4. The number of aliphatic hydroxyl groups excluding tert-OH is 1. The van der Waals surface area contributed by atoms with Crippen LogP contribution in [-0.4, -0.2) is 60.9 Å². The van der Waals surface area contributed by atoms with Gasteiger partial charge < -0.3 is 20.6 Å². The lowest BCUT2D eigenvalue weighted by Crippen LogP contribution is -2.49. The smallest absolute Gasteiger partial charge is 0.315 e. The van der Waals surface area contributed by atoms with Gasteiger partial charge in [0.1, 0.15) is 5.82 Å². The lowest BCUT2D eigenvalue weighted by atomic mass is 9.93. The number of halogens is 1. The molecule has 1 aromatic rings. The van der Waals surface area contributed by atoms with E-state index in [4.69, 9.17) is 0 Å². The average molecular weight is 449 g/mol. The van der Waals surface area contributed by atoms with Crippen LogP contribution in [0, 0.1) is 11.7 Å². The maximum atomic E-state index is 14.1. The van der Waals surface area contributed by atoms with Crippen LogP contribution in [0.15, 0.2) is 18.2 Å². The first-order valence-electron chi connectivity index (χ1n) is 12.4. The second-order valence-electron chi connectivity index (χ2n) is 9.38. The van der Waals surface area contributed by atoms with Crippen molar-refractivity contribution in [1.29, 1.82) is 0 Å². The Kier molecular flexibility index (Phi) is 9.17. The fourth-order valence-electron chi connectivity index (χ4n) is 5.29. The van der Waals surface area contributed by atoms with Crippen molar-refractivity contribution >= 4 is 11.7 Å². The fraction of sp³-hybridized carbons (Fsp3) is 0.720. The summed E-state index contributed by atoms with van der Waals surface area (Å²) in [5.41, 5.74) is 1.70. The van der Waals surface area contributed by atoms with Gasteiger partial charge in [-0.25, -0.2) is 9.18 Å². The molecule has 0 spiro atoms. The minimum atomic E-state index is -0.328. The number of piperidine rings is 1. The molecule has 2 saturated heterocycles. The zero-order valence-electron chi connectivity index (χ0n) is 19.9. The molecule has 0 bridgehead atoms. The summed E-state index contributed by atoms with van der Waals surface area (Å²) in [7, 11) is 0. The monoisotopic (exact) mass is 448 g/mol. The molecule has 0 aliphatic carbocycles. The molecular weight excluding hydrogens is 407 g/mol. The molecule has 3 N–H and O–H groups in total. The van der Waals surface area contributed by atoms with Crippen LogP contribution < -0.4 is 15.5 Å². The van der Waals surface area contributed by atoms with Crippen molar-refractivity contribution in [3.8, 4) is 0 Å². The molecular formula is C25H41FN4O2. The normalized spacial score (nSPS) is 19.9. The molecule has 2 aliphatic heterocycles. The highest BCUT2D eigenvalue weighted by atomic mass is 19.1. The Hall–Kier alpha value is -1.86. The van der Waals surface area contributed by atoms with Crippen LogP contribution in [0.5, 0.6) is 0 Å². The second-order valence-corrected chi connectivity index (χ2v) is 9.38. The summed E-state index contributed by atoms with van der Waals surface area (Å²) in [6.07, 6.45) is 5.81. The van der Waals surface area contributed by atoms with Crippen molar-refractivity contribution < 1.29 is 14.3 Å². The molecule has 2 heterocycles. The van der Waals surface area contributed by atoms with Crippen LogP contribution in [0.2, 0.25) is 0 Å². The number of aliphatic hydroxyl groups is 1. The maximum absolute atomic E-state index is 14.1. The Morgan fingerprint density at radius 1 is 1.16 bits per heavy atom. The molecule has 0 aromatic heterocycles. The number of nitrogens with zero attached hydrogens (tertiary/aromatic N) is 2. The zero-order chi connectivity index (χ0) is 23.1. The van der Waals surface area contributed by atoms with Gasteiger partial charge >= 0.3 is 6.03 Å². The number of nitrogens with one attached hydrogen (secondary N) is 2. The van der Waals surface area contributed by atoms with Crippen LogP contribution in [0.25, 0.3) is 0 Å². The van der Waals surface area contributed by atoms with E-state index in [9.17, 15) is 14.3 Å². The number of amides is 2. The Balaban J connectivity index is 1.63. The van der Waals surface area contributed by atoms with Crippen molar-refractivity contribution in [1.82, 2.24) is 15.5 Å². The number of carbonyl (C=O) groups excluding carboxylic acids is 1. The van der Waals surface area contributed by atoms with Crippen LogP contribution in [-0.2, 0) is 0 Å². The quantitative estimate of drug-likeness (QED) is 0.533. The number of carbonyl (C=O) groups is 1. The summed E-state index contributed by atoms with van der Waals surface area (Å²) in [4.78, 5) is 17.5. The third-order valence-electron chi connectivity index (χ3n) is 7.28. The summed E-state index contributed by atoms with van der Waals surface area (Å²) in [6.45, 7) is 10.7. The van der Waals surface area contributed by atoms with Crippen molar-refractivity contribution in [2.75, 3.05) is 37.6 Å². The van der Waals surface area contributed by atoms with E-state index in [1.807, 2.05) is 6.92 Å². The number of hydrogen-bond donors (Lipinski definition) is 3. The van der Waals surface area contributed by atoms with Crippen LogP contribution in [0.1, 0.15) is 70.9 Å². The van der Waals surface area contributed by atoms with E-state index < -0.39 is 0 Å². The van der Waals surface area contributed by atoms with Crippen LogP contribution >= 0.6 is 0 Å². The number of likely N-dealkylation sites (tertiary alicyclic amines) is 1. The first kappa shape index (κ1) is 24.8. The van der Waals surface area contributed by atoms with E-state index >= 15 is 0 Å². The first-order chi connectivity index (χ1) is 15.4. The van der Waals surface area contributed by atoms with Crippen LogP contribution in [0.3, 0.4) is 0 Å². The van der Waals surface area contributed by atoms with E-state index in [0.717, 1.165) is 50.3 Å². The topological polar surface area (TPSA) is 67.8 Å². The van der Waals surface area contributed by atoms with Crippen molar-refractivity contribution in [2.45, 2.75) is 77.5 Å². The van der Waals surface area contributed by atoms with Gasteiger partial charge in [-0.2, -0.15) is 0 Å². The highest BCUT2D eigenvalue weighted by Crippen LogP contribution is 2.30. The molecule has 2 amide bonds. The molecule has 6 nitrogen and oxygen atoms in total. The highest BCUT2D eigenvalue weighted by molar-refractivity contribution is 5.75. The van der Waals surface area contributed by atoms with Gasteiger partial charge in [-0.05, 0) is 69.8 Å². The Bertz CT molecular complexity index is 727. The molecule has 1 aromatic carbocycles. The van der Waals surface area contributed by atoms with Crippen molar-refractivity contribution in [3.63, 3.8) is 0 Å². The minimum Gasteiger partial charge on any atom is -0.393 e. The number of benzene rings is 1. The molecule has 32 heavy (non-hydrogen) atoms. The van der Waals surface area contributed by atoms with E-state index in [0.29, 0.717) is 31.3 Å². The second kappa shape index (κ2) is 11.8. The predicted octanol–water partition coefficient (Wildman–Crippen LogP) is 4.05. The van der Waals surface area contributed by atoms with E-state index in [2.05, 4.69) is 34.3 Å². The van der Waals surface area contributed by atoms with E-state index in [1.54, 1.807) is 6.07 Å². The van der Waals surface area contributed by atoms with Crippen molar-refractivity contribution in [2.24, 2.45) is 5.92 Å². The van der Waals surface area contributed by atoms with Gasteiger partial charge in [-0.1, -0.05) is 26.7 Å². The molecule has 180 valence electrons. The van der Waals surface area contributed by atoms with Gasteiger partial charge in [-0.3, -0.25) is 4.90 Å². The van der Waals surface area contributed by atoms with Gasteiger partial charge in [0.15, 0.2) is 0 Å². The van der Waals surface area contributed by atoms with Crippen molar-refractivity contribution in [3.05, 3.63) is 29.6 Å². The number of urea groups is 1. The van der Waals surface area contributed by atoms with Gasteiger partial charge in [0.25, 0.3) is 0 Å². The molecule has 7 heteroatoms. The summed E-state index contributed by atoms with van der Waals surface area (Å²) in [5.74, 6) is 0.257. The average Bonchev–Trinajstić information content (AvgIpc) is 3.32. The Morgan fingerprint density at radius 2 is 1.81 bits per heavy atom. The SMILES string of the molecule is CCC(CC)C(CNC(=O)NC(C)c1cc(F)ccc1N1CCC(O)CC1)N1CCCC1. The Morgan fingerprint density at radius 3 is 2.44 bits per heavy atom. The summed E-state index contributed by atoms with van der Waals surface area (Å²) >= 11 is 0. The number of anilines is 1. The number of rotatable bonds is 9. The van der Waals surface area contributed by atoms with Crippen LogP contribution in [0.4, 0.5) is 14.9 Å². The predicted molar refractivity (Wildman–Crippen MR) is 127 cm³/mol. The maximum Gasteiger partial charge on any atom is 0.315 e. The molecule has 0 radical (unpaired) electrons. The molecule has 3 rings (SSSR count). The Labute approximate surface area is 192 Å². The lowest BCUT2D eigenvalue weighted by molar-refractivity contribution is 0.145. The molecule has 2 atom stereocenters. The standard InChI is InChI=1S/C25H41FN4O2/c1-4-19(5-2)24(29-12-6-7-13-29)17-27-25(32)28-18(3)22-16-20(26)8-9-23(22)30-14-10-21(31)11-15-30/h8-9,16,18-19,21,24,31H,4-7,10-15,17H2,1-3H3,(H2,27,28,32). The van der Waals surface area contributed by atoms with E-state index in [1.165, 1.54) is 25.0 Å². The lowest BCUT2D eigenvalue weighted by Gasteiger charge is -2.35. The van der Waals surface area contributed by atoms with Gasteiger partial charge in [-0.15, -0.1) is 0 Å². The highest BCUT2D eigenvalue weighted by Gasteiger charge is 2.28. The third kappa shape index (κ3) is 6.35. The molecule has 0 saturated carbocycles. The third-order valence-corrected chi connectivity index (χ3v) is 7.28. The fourth-order valence-corrected chi connectivity index (χ4v) is 5.29. The summed E-state index contributed by atoms with van der Waals surface area (Å²) in [6, 6.07) is 4.59. The van der Waals surface area contributed by atoms with Gasteiger partial charge in [0.2, 0.25) is 0 Å².